The number of nitrogen functional groups attached to an aromatic ring is 1. The number of alkyl halides is 1. The summed E-state index contributed by atoms with van der Waals surface area (Å²) < 4.78 is 59.9. The third-order valence-electron chi connectivity index (χ3n) is 6.93. The van der Waals surface area contributed by atoms with Crippen LogP contribution in [-0.4, -0.2) is 58.4 Å². The zero-order valence-electron chi connectivity index (χ0n) is 25.6. The molecule has 1 unspecified atom stereocenters. The van der Waals surface area contributed by atoms with E-state index in [2.05, 4.69) is 15.0 Å². The molecule has 0 radical (unpaired) electrons. The third kappa shape index (κ3) is 7.65. The van der Waals surface area contributed by atoms with E-state index < -0.39 is 74.2 Å². The summed E-state index contributed by atoms with van der Waals surface area (Å²) in [5.74, 6) is -2.50. The Bertz CT molecular complexity index is 1740. The fourth-order valence-corrected chi connectivity index (χ4v) is 6.62. The van der Waals surface area contributed by atoms with Gasteiger partial charge in [-0.05, 0) is 31.4 Å². The van der Waals surface area contributed by atoms with Gasteiger partial charge >= 0.3 is 30.9 Å². The molecule has 246 valence electrons. The molecular weight excluding hydrogens is 626 g/mol. The fraction of sp³-hybridized carbons (Fsp3) is 0.448. The summed E-state index contributed by atoms with van der Waals surface area (Å²) in [5.41, 5.74) is 9.46. The summed E-state index contributed by atoms with van der Waals surface area (Å²) in [5, 5.41) is 4.94. The molecule has 0 bridgehead atoms. The Balaban J connectivity index is 1.73. The van der Waals surface area contributed by atoms with Crippen LogP contribution in [0, 0.1) is 11.4 Å². The van der Waals surface area contributed by atoms with Crippen molar-refractivity contribution in [2.24, 2.45) is 11.0 Å². The molecule has 2 aromatic carbocycles. The third-order valence-corrected chi connectivity index (χ3v) is 8.93. The topological polar surface area (TPSA) is 209 Å². The van der Waals surface area contributed by atoms with Gasteiger partial charge in [-0.3, -0.25) is 18.7 Å². The van der Waals surface area contributed by atoms with E-state index in [4.69, 9.17) is 34.5 Å². The molecule has 17 heteroatoms. The molecule has 0 amide bonds. The molecule has 1 aromatic heterocycles. The second-order valence-corrected chi connectivity index (χ2v) is 12.9. The average Bonchev–Trinajstić information content (AvgIpc) is 3.26. The van der Waals surface area contributed by atoms with E-state index in [1.165, 1.54) is 19.9 Å². The van der Waals surface area contributed by atoms with Gasteiger partial charge in [0, 0.05) is 18.0 Å². The highest BCUT2D eigenvalue weighted by molar-refractivity contribution is 7.54. The van der Waals surface area contributed by atoms with Crippen LogP contribution in [0.4, 0.5) is 10.2 Å². The summed E-state index contributed by atoms with van der Waals surface area (Å²) in [6.45, 7) is 5.25. The fourth-order valence-electron chi connectivity index (χ4n) is 4.73. The van der Waals surface area contributed by atoms with E-state index in [9.17, 15) is 18.9 Å². The number of ether oxygens (including phenoxy) is 3. The van der Waals surface area contributed by atoms with E-state index in [0.717, 1.165) is 16.2 Å². The van der Waals surface area contributed by atoms with Crippen molar-refractivity contribution in [3.8, 4) is 5.75 Å². The van der Waals surface area contributed by atoms with Crippen molar-refractivity contribution < 1.29 is 41.8 Å². The molecule has 2 heterocycles. The van der Waals surface area contributed by atoms with Gasteiger partial charge in [-0.1, -0.05) is 50.2 Å². The van der Waals surface area contributed by atoms with Crippen LogP contribution in [0.2, 0.25) is 0 Å². The lowest BCUT2D eigenvalue weighted by Crippen LogP contribution is -2.44. The predicted octanol–water partition coefficient (Wildman–Crippen LogP) is 4.29. The Labute approximate surface area is 262 Å². The number of carbonyl (C=O) groups excluding carboxylic acids is 2. The Hall–Kier alpha value is -4.49. The number of hydrogen-bond acceptors (Lipinski definition) is 13. The number of nitrogens with one attached hydrogen (secondary N) is 1. The summed E-state index contributed by atoms with van der Waals surface area (Å²) in [7, 11) is -4.42. The maximum Gasteiger partial charge on any atom is 0.380 e. The van der Waals surface area contributed by atoms with Crippen molar-refractivity contribution in [1.82, 2.24) is 14.5 Å². The molecule has 4 rings (SSSR count). The number of hydrogen-bond donors (Lipinski definition) is 2. The highest BCUT2D eigenvalue weighted by Crippen LogP contribution is 2.53. The molecule has 0 aliphatic carbocycles. The molecule has 1 aliphatic heterocycles. The lowest BCUT2D eigenvalue weighted by Gasteiger charge is -2.26. The van der Waals surface area contributed by atoms with Gasteiger partial charge in [0.1, 0.15) is 23.7 Å². The first-order valence-electron chi connectivity index (χ1n) is 14.4. The first-order valence-corrected chi connectivity index (χ1v) is 16.1. The molecule has 46 heavy (non-hydrogen) atoms. The number of esters is 2. The Kier molecular flexibility index (Phi) is 10.7. The van der Waals surface area contributed by atoms with E-state index in [0.29, 0.717) is 5.39 Å². The van der Waals surface area contributed by atoms with Gasteiger partial charge in [0.25, 0.3) is 0 Å². The normalized spacial score (nSPS) is 22.9. The Morgan fingerprint density at radius 1 is 1.22 bits per heavy atom. The predicted molar refractivity (Wildman–Crippen MR) is 162 cm³/mol. The Morgan fingerprint density at radius 2 is 1.93 bits per heavy atom. The molecule has 3 aromatic rings. The monoisotopic (exact) mass is 661 g/mol. The highest BCUT2D eigenvalue weighted by Gasteiger charge is 2.64. The molecule has 0 saturated carbocycles. The highest BCUT2D eigenvalue weighted by atomic mass is 31.2. The molecule has 1 aliphatic rings. The second-order valence-electron chi connectivity index (χ2n) is 10.8. The maximum atomic E-state index is 16.4. The van der Waals surface area contributed by atoms with Gasteiger partial charge < -0.3 is 24.5 Å². The largest absolute Gasteiger partial charge is 0.463 e. The van der Waals surface area contributed by atoms with Crippen LogP contribution in [0.25, 0.3) is 10.8 Å². The summed E-state index contributed by atoms with van der Waals surface area (Å²) in [4.78, 5) is 44.2. The van der Waals surface area contributed by atoms with Crippen LogP contribution in [0.3, 0.4) is 0 Å². The minimum absolute atomic E-state index is 0.129. The first-order chi connectivity index (χ1) is 21.8. The number of anilines is 1. The zero-order valence-corrected chi connectivity index (χ0v) is 26.5. The van der Waals surface area contributed by atoms with Crippen LogP contribution >= 0.6 is 7.60 Å². The molecule has 1 fully saturated rings. The SMILES string of the molecule is CCC(=O)O[C@H]1[C@H](n2ccc(N)nc2=O)O[C@@](COP(=O)(C[C@@H](C)C(=O)OC(C)C)Oc2cccc3ccccc23)(N=[N+]=N)[C@H]1F. The summed E-state index contributed by atoms with van der Waals surface area (Å²) in [6, 6.07) is 13.4. The number of halogens is 1. The first kappa shape index (κ1) is 34.4. The van der Waals surface area contributed by atoms with Crippen LogP contribution in [0.1, 0.15) is 40.3 Å². The number of nitrogens with two attached hydrogens (primary N) is 1. The molecule has 3 N–H and O–H groups in total. The van der Waals surface area contributed by atoms with Gasteiger partial charge in [0.05, 0.1) is 18.2 Å². The van der Waals surface area contributed by atoms with Crippen LogP contribution in [0.15, 0.2) is 64.6 Å². The quantitative estimate of drug-likeness (QED) is 0.114. The van der Waals surface area contributed by atoms with Crippen molar-refractivity contribution in [1.29, 1.82) is 5.53 Å². The second kappa shape index (κ2) is 14.3. The number of nitrogens with zero attached hydrogens (tertiary/aromatic N) is 4. The van der Waals surface area contributed by atoms with Crippen molar-refractivity contribution >= 4 is 36.1 Å². The molecule has 1 saturated heterocycles. The minimum atomic E-state index is -4.42. The summed E-state index contributed by atoms with van der Waals surface area (Å²) in [6.07, 6.45) is -5.83. The van der Waals surface area contributed by atoms with Gasteiger partial charge in [0.15, 0.2) is 17.4 Å². The van der Waals surface area contributed by atoms with Crippen LogP contribution < -0.4 is 20.9 Å². The number of aromatic nitrogens is 2. The van der Waals surface area contributed by atoms with Crippen LogP contribution in [0.5, 0.6) is 5.75 Å². The van der Waals surface area contributed by atoms with Gasteiger partial charge in [-0.25, -0.2) is 13.8 Å². The van der Waals surface area contributed by atoms with E-state index in [1.54, 1.807) is 44.2 Å². The van der Waals surface area contributed by atoms with Crippen molar-refractivity contribution in [3.05, 3.63) is 65.2 Å². The van der Waals surface area contributed by atoms with E-state index >= 15 is 4.39 Å². The summed E-state index contributed by atoms with van der Waals surface area (Å²) >= 11 is 0. The Morgan fingerprint density at radius 3 is 2.61 bits per heavy atom. The molecular formula is C29H35FN6O9P+. The number of carbonyl (C=O) groups is 2. The van der Waals surface area contributed by atoms with Crippen molar-refractivity contribution in [3.63, 3.8) is 0 Å². The average molecular weight is 662 g/mol. The standard InChI is InChI=1S/C29H34FN6O9P/c1-5-23(37)43-24-25(30)29(34-35-32,44-26(24)36-14-13-22(31)33-28(36)39)16-41-46(40,15-18(4)27(38)42-17(2)3)45-21-12-8-10-19-9-6-7-11-20(19)21/h6-14,17-18,24-26,32H,5,15-16H2,1-4H3,(H-,31,33,39)/p+1/t18-,24-,25+,26-,29-,46?/m1/s1. The lowest BCUT2D eigenvalue weighted by atomic mass is 10.1. The zero-order chi connectivity index (χ0) is 33.6. The van der Waals surface area contributed by atoms with E-state index in [-0.39, 0.29) is 18.0 Å². The van der Waals surface area contributed by atoms with E-state index in [1.807, 2.05) is 12.1 Å². The molecule has 6 atom stereocenters. The van der Waals surface area contributed by atoms with Gasteiger partial charge in [-0.15, -0.1) is 0 Å². The molecule has 15 nitrogen and oxygen atoms in total. The number of rotatable bonds is 13. The minimum Gasteiger partial charge on any atom is -0.463 e. The number of fused-ring (bicyclic) bond motifs is 1. The lowest BCUT2D eigenvalue weighted by molar-refractivity contribution is -0.157. The van der Waals surface area contributed by atoms with Crippen molar-refractivity contribution in [2.75, 3.05) is 18.5 Å². The number of benzene rings is 2. The van der Waals surface area contributed by atoms with Crippen LogP contribution in [-0.2, 0) is 32.9 Å². The smallest absolute Gasteiger partial charge is 0.380 e. The maximum absolute atomic E-state index is 16.4. The van der Waals surface area contributed by atoms with Gasteiger partial charge in [-0.2, -0.15) is 4.98 Å². The van der Waals surface area contributed by atoms with Crippen molar-refractivity contribution in [2.45, 2.75) is 64.4 Å². The van der Waals surface area contributed by atoms with Gasteiger partial charge in [0.2, 0.25) is 11.1 Å². The molecule has 0 spiro atoms.